The molecule has 0 aliphatic rings. The Morgan fingerprint density at radius 3 is 2.33 bits per heavy atom. The van der Waals surface area contributed by atoms with Gasteiger partial charge in [-0.2, -0.15) is 0 Å². The van der Waals surface area contributed by atoms with Gasteiger partial charge in [0.1, 0.15) is 5.75 Å². The molecule has 0 atom stereocenters. The Balaban J connectivity index is 1.90. The van der Waals surface area contributed by atoms with Gasteiger partial charge in [-0.3, -0.25) is 9.69 Å². The maximum atomic E-state index is 12.2. The quantitative estimate of drug-likeness (QED) is 0.807. The van der Waals surface area contributed by atoms with Crippen LogP contribution in [0.25, 0.3) is 0 Å². The number of rotatable bonds is 8. The maximum Gasteiger partial charge on any atom is 0.251 e. The Morgan fingerprint density at radius 2 is 1.71 bits per heavy atom. The van der Waals surface area contributed by atoms with Gasteiger partial charge in [-0.25, -0.2) is 0 Å². The van der Waals surface area contributed by atoms with E-state index in [-0.39, 0.29) is 5.91 Å². The third-order valence-corrected chi connectivity index (χ3v) is 4.11. The van der Waals surface area contributed by atoms with Gasteiger partial charge in [-0.15, -0.1) is 0 Å². The second kappa shape index (κ2) is 9.08. The fourth-order valence-corrected chi connectivity index (χ4v) is 2.52. The van der Waals surface area contributed by atoms with Gasteiger partial charge in [0.05, 0.1) is 7.11 Å². The number of methoxy groups -OCH3 is 1. The highest BCUT2D eigenvalue weighted by molar-refractivity contribution is 5.94. The van der Waals surface area contributed by atoms with Gasteiger partial charge in [0.2, 0.25) is 0 Å². The number of hydrogen-bond donors (Lipinski definition) is 1. The van der Waals surface area contributed by atoms with Crippen LogP contribution in [-0.4, -0.2) is 31.0 Å². The van der Waals surface area contributed by atoms with Crippen LogP contribution in [0.15, 0.2) is 48.5 Å². The zero-order valence-electron chi connectivity index (χ0n) is 14.7. The first kappa shape index (κ1) is 18.0. The zero-order chi connectivity index (χ0) is 17.4. The molecule has 4 heteroatoms. The highest BCUT2D eigenvalue weighted by Crippen LogP contribution is 2.13. The molecule has 0 aliphatic heterocycles. The third kappa shape index (κ3) is 5.10. The summed E-state index contributed by atoms with van der Waals surface area (Å²) in [4.78, 5) is 14.6. The van der Waals surface area contributed by atoms with Crippen molar-refractivity contribution in [1.82, 2.24) is 10.2 Å². The van der Waals surface area contributed by atoms with Crippen LogP contribution in [0.2, 0.25) is 0 Å². The lowest BCUT2D eigenvalue weighted by molar-refractivity contribution is 0.0950. The normalized spacial score (nSPS) is 10.7. The third-order valence-electron chi connectivity index (χ3n) is 4.11. The van der Waals surface area contributed by atoms with E-state index in [4.69, 9.17) is 4.74 Å². The molecule has 4 nitrogen and oxygen atoms in total. The molecule has 1 N–H and O–H groups in total. The smallest absolute Gasteiger partial charge is 0.251 e. The lowest BCUT2D eigenvalue weighted by Crippen LogP contribution is -2.23. The lowest BCUT2D eigenvalue weighted by Gasteiger charge is -2.18. The van der Waals surface area contributed by atoms with E-state index < -0.39 is 0 Å². The number of carbonyl (C=O) groups excluding carboxylic acids is 1. The van der Waals surface area contributed by atoms with Crippen LogP contribution in [0.4, 0.5) is 0 Å². The molecule has 0 fully saturated rings. The van der Waals surface area contributed by atoms with Crippen molar-refractivity contribution in [3.63, 3.8) is 0 Å². The predicted octanol–water partition coefficient (Wildman–Crippen LogP) is 3.47. The monoisotopic (exact) mass is 326 g/mol. The second-order valence-corrected chi connectivity index (χ2v) is 5.69. The minimum Gasteiger partial charge on any atom is -0.497 e. The van der Waals surface area contributed by atoms with Crippen LogP contribution in [0.3, 0.4) is 0 Å². The van der Waals surface area contributed by atoms with Crippen molar-refractivity contribution in [3.8, 4) is 5.75 Å². The van der Waals surface area contributed by atoms with Crippen molar-refractivity contribution in [2.45, 2.75) is 26.9 Å². The van der Waals surface area contributed by atoms with Crippen LogP contribution < -0.4 is 10.1 Å². The number of ether oxygens (including phenoxy) is 1. The molecular weight excluding hydrogens is 300 g/mol. The summed E-state index contributed by atoms with van der Waals surface area (Å²) in [6, 6.07) is 15.6. The first-order chi connectivity index (χ1) is 11.7. The van der Waals surface area contributed by atoms with Gasteiger partial charge >= 0.3 is 0 Å². The van der Waals surface area contributed by atoms with E-state index in [0.29, 0.717) is 17.9 Å². The molecule has 0 saturated carbocycles. The van der Waals surface area contributed by atoms with Crippen molar-refractivity contribution < 1.29 is 9.53 Å². The molecule has 0 heterocycles. The number of hydrogen-bond acceptors (Lipinski definition) is 3. The van der Waals surface area contributed by atoms with Crippen LogP contribution in [-0.2, 0) is 13.1 Å². The molecule has 1 amide bonds. The van der Waals surface area contributed by atoms with E-state index in [1.807, 2.05) is 12.1 Å². The highest BCUT2D eigenvalue weighted by atomic mass is 16.5. The van der Waals surface area contributed by atoms with E-state index in [1.54, 1.807) is 19.2 Å². The van der Waals surface area contributed by atoms with Crippen LogP contribution in [0.5, 0.6) is 5.75 Å². The largest absolute Gasteiger partial charge is 0.497 e. The molecule has 0 aromatic heterocycles. The molecule has 128 valence electrons. The van der Waals surface area contributed by atoms with E-state index in [1.165, 1.54) is 5.56 Å². The minimum absolute atomic E-state index is 0.0962. The van der Waals surface area contributed by atoms with Gasteiger partial charge in [0.25, 0.3) is 5.91 Å². The van der Waals surface area contributed by atoms with E-state index in [2.05, 4.69) is 48.3 Å². The highest BCUT2D eigenvalue weighted by Gasteiger charge is 2.07. The molecule has 24 heavy (non-hydrogen) atoms. The SMILES string of the molecule is CCN(CC)Cc1ccc(CNC(=O)c2cccc(OC)c2)cc1. The van der Waals surface area contributed by atoms with Gasteiger partial charge in [0.15, 0.2) is 0 Å². The molecule has 0 spiro atoms. The Bertz CT molecular complexity index is 649. The van der Waals surface area contributed by atoms with Crippen LogP contribution >= 0.6 is 0 Å². The van der Waals surface area contributed by atoms with Gasteiger partial charge in [0, 0.05) is 18.7 Å². The minimum atomic E-state index is -0.0962. The molecule has 0 aliphatic carbocycles. The van der Waals surface area contributed by atoms with E-state index in [0.717, 1.165) is 25.2 Å². The van der Waals surface area contributed by atoms with Crippen LogP contribution in [0, 0.1) is 0 Å². The molecule has 0 radical (unpaired) electrons. The van der Waals surface area contributed by atoms with Gasteiger partial charge in [-0.1, -0.05) is 44.2 Å². The predicted molar refractivity (Wildman–Crippen MR) is 97.2 cm³/mol. The maximum absolute atomic E-state index is 12.2. The summed E-state index contributed by atoms with van der Waals surface area (Å²) in [7, 11) is 1.59. The number of benzene rings is 2. The van der Waals surface area contributed by atoms with Gasteiger partial charge in [-0.05, 0) is 42.4 Å². The first-order valence-corrected chi connectivity index (χ1v) is 8.38. The summed E-state index contributed by atoms with van der Waals surface area (Å²) in [6.45, 7) is 7.92. The number of amides is 1. The van der Waals surface area contributed by atoms with Crippen molar-refractivity contribution in [3.05, 3.63) is 65.2 Å². The molecular formula is C20H26N2O2. The summed E-state index contributed by atoms with van der Waals surface area (Å²) < 4.78 is 5.15. The summed E-state index contributed by atoms with van der Waals surface area (Å²) >= 11 is 0. The lowest BCUT2D eigenvalue weighted by atomic mass is 10.1. The van der Waals surface area contributed by atoms with Crippen molar-refractivity contribution >= 4 is 5.91 Å². The second-order valence-electron chi connectivity index (χ2n) is 5.69. The molecule has 0 bridgehead atoms. The average molecular weight is 326 g/mol. The van der Waals surface area contributed by atoms with Crippen molar-refractivity contribution in [2.24, 2.45) is 0 Å². The molecule has 2 aromatic rings. The summed E-state index contributed by atoms with van der Waals surface area (Å²) in [5, 5.41) is 2.94. The average Bonchev–Trinajstić information content (AvgIpc) is 2.65. The molecule has 0 unspecified atom stereocenters. The van der Waals surface area contributed by atoms with E-state index in [9.17, 15) is 4.79 Å². The molecule has 2 rings (SSSR count). The molecule has 2 aromatic carbocycles. The Kier molecular flexibility index (Phi) is 6.82. The fourth-order valence-electron chi connectivity index (χ4n) is 2.52. The van der Waals surface area contributed by atoms with E-state index >= 15 is 0 Å². The van der Waals surface area contributed by atoms with Crippen molar-refractivity contribution in [1.29, 1.82) is 0 Å². The molecule has 0 saturated heterocycles. The summed E-state index contributed by atoms with van der Waals surface area (Å²) in [5.41, 5.74) is 2.99. The number of nitrogens with one attached hydrogen (secondary N) is 1. The topological polar surface area (TPSA) is 41.6 Å². The Hall–Kier alpha value is -2.33. The zero-order valence-corrected chi connectivity index (χ0v) is 14.7. The van der Waals surface area contributed by atoms with Gasteiger partial charge < -0.3 is 10.1 Å². The first-order valence-electron chi connectivity index (χ1n) is 8.38. The summed E-state index contributed by atoms with van der Waals surface area (Å²) in [6.07, 6.45) is 0. The number of carbonyl (C=O) groups is 1. The van der Waals surface area contributed by atoms with Crippen molar-refractivity contribution in [2.75, 3.05) is 20.2 Å². The standard InChI is InChI=1S/C20H26N2O2/c1-4-22(5-2)15-17-11-9-16(10-12-17)14-21-20(23)18-7-6-8-19(13-18)24-3/h6-13H,4-5,14-15H2,1-3H3,(H,21,23). The Labute approximate surface area is 144 Å². The van der Waals surface area contributed by atoms with Crippen LogP contribution in [0.1, 0.15) is 35.3 Å². The number of nitrogens with zero attached hydrogens (tertiary/aromatic N) is 1. The summed E-state index contributed by atoms with van der Waals surface area (Å²) in [5.74, 6) is 0.588. The Morgan fingerprint density at radius 1 is 1.04 bits per heavy atom. The fraction of sp³-hybridized carbons (Fsp3) is 0.350.